The number of rotatable bonds is 49. The molecule has 0 spiro atoms. The van der Waals surface area contributed by atoms with Crippen LogP contribution in [0, 0.1) is 5.92 Å². The van der Waals surface area contributed by atoms with E-state index in [-0.39, 0.29) is 31.1 Å². The van der Waals surface area contributed by atoms with Crippen LogP contribution in [0.5, 0.6) is 0 Å². The Morgan fingerprint density at radius 2 is 0.550 bits per heavy atom. The molecule has 0 unspecified atom stereocenters. The fourth-order valence-electron chi connectivity index (χ4n) is 8.22. The summed E-state index contributed by atoms with van der Waals surface area (Å²) in [6.07, 6.45) is 50.8. The van der Waals surface area contributed by atoms with Gasteiger partial charge in [0.05, 0.1) is 0 Å². The number of carbonyl (C=O) groups is 3. The van der Waals surface area contributed by atoms with Crippen molar-refractivity contribution in [2.45, 2.75) is 310 Å². The van der Waals surface area contributed by atoms with Gasteiger partial charge in [0, 0.05) is 19.3 Å². The van der Waals surface area contributed by atoms with Gasteiger partial charge in [-0.1, -0.05) is 265 Å². The van der Waals surface area contributed by atoms with Crippen molar-refractivity contribution in [2.75, 3.05) is 13.2 Å². The largest absolute Gasteiger partial charge is 0.462 e. The maximum absolute atomic E-state index is 12.8. The summed E-state index contributed by atoms with van der Waals surface area (Å²) >= 11 is 0. The lowest BCUT2D eigenvalue weighted by Crippen LogP contribution is -2.30. The van der Waals surface area contributed by atoms with E-state index < -0.39 is 6.10 Å². The third-order valence-corrected chi connectivity index (χ3v) is 12.3. The standard InChI is InChI=1S/C54H104O6/c1-5-7-9-11-13-15-17-19-20-22-26-31-35-39-43-47-54(57)60-51(48-58-52(55)45-41-37-33-29-25-21-18-16-14-12-10-8-6-2)49-59-53(56)46-42-38-34-30-27-23-24-28-32-36-40-44-50(3)4/h50-51H,5-49H2,1-4H3/t51-/m0/s1. The highest BCUT2D eigenvalue weighted by atomic mass is 16.6. The Bertz CT molecular complexity index is 903. The minimum Gasteiger partial charge on any atom is -0.462 e. The summed E-state index contributed by atoms with van der Waals surface area (Å²) in [6.45, 7) is 9.03. The molecule has 0 aliphatic carbocycles. The Balaban J connectivity index is 4.31. The van der Waals surface area contributed by atoms with Crippen molar-refractivity contribution in [1.29, 1.82) is 0 Å². The van der Waals surface area contributed by atoms with Crippen LogP contribution in [0.4, 0.5) is 0 Å². The Hall–Kier alpha value is -1.59. The van der Waals surface area contributed by atoms with E-state index in [9.17, 15) is 14.4 Å². The third-order valence-electron chi connectivity index (χ3n) is 12.3. The Labute approximate surface area is 374 Å². The second-order valence-electron chi connectivity index (χ2n) is 19.0. The molecule has 0 saturated heterocycles. The minimum absolute atomic E-state index is 0.0624. The summed E-state index contributed by atoms with van der Waals surface area (Å²) in [5.74, 6) is -0.0140. The van der Waals surface area contributed by atoms with Gasteiger partial charge in [-0.3, -0.25) is 14.4 Å². The lowest BCUT2D eigenvalue weighted by Gasteiger charge is -2.18. The number of hydrogen-bond acceptors (Lipinski definition) is 6. The monoisotopic (exact) mass is 849 g/mol. The van der Waals surface area contributed by atoms with Gasteiger partial charge in [0.1, 0.15) is 13.2 Å². The predicted molar refractivity (Wildman–Crippen MR) is 257 cm³/mol. The molecule has 0 aromatic heterocycles. The molecule has 0 amide bonds. The van der Waals surface area contributed by atoms with Crippen LogP contribution in [0.2, 0.25) is 0 Å². The fourth-order valence-corrected chi connectivity index (χ4v) is 8.22. The molecule has 356 valence electrons. The van der Waals surface area contributed by atoms with E-state index in [0.29, 0.717) is 19.3 Å². The van der Waals surface area contributed by atoms with Crippen LogP contribution in [-0.2, 0) is 28.6 Å². The highest BCUT2D eigenvalue weighted by molar-refractivity contribution is 5.71. The number of esters is 3. The van der Waals surface area contributed by atoms with Crippen molar-refractivity contribution in [3.8, 4) is 0 Å². The molecule has 1 atom stereocenters. The average molecular weight is 849 g/mol. The molecule has 0 radical (unpaired) electrons. The first-order chi connectivity index (χ1) is 29.4. The van der Waals surface area contributed by atoms with Crippen LogP contribution >= 0.6 is 0 Å². The van der Waals surface area contributed by atoms with E-state index in [0.717, 1.165) is 63.7 Å². The van der Waals surface area contributed by atoms with Crippen LogP contribution in [0.3, 0.4) is 0 Å². The second kappa shape index (κ2) is 48.4. The van der Waals surface area contributed by atoms with Crippen LogP contribution in [0.25, 0.3) is 0 Å². The lowest BCUT2D eigenvalue weighted by molar-refractivity contribution is -0.167. The molecule has 6 heteroatoms. The zero-order valence-corrected chi connectivity index (χ0v) is 40.9. The third kappa shape index (κ3) is 47.5. The van der Waals surface area contributed by atoms with E-state index in [1.165, 1.54) is 199 Å². The molecular weight excluding hydrogens is 745 g/mol. The van der Waals surface area contributed by atoms with Crippen LogP contribution in [0.15, 0.2) is 0 Å². The zero-order chi connectivity index (χ0) is 43.8. The van der Waals surface area contributed by atoms with Crippen molar-refractivity contribution >= 4 is 17.9 Å². The highest BCUT2D eigenvalue weighted by Crippen LogP contribution is 2.17. The number of carbonyl (C=O) groups excluding carboxylic acids is 3. The quantitative estimate of drug-likeness (QED) is 0.0345. The normalized spacial score (nSPS) is 11.9. The summed E-state index contributed by atoms with van der Waals surface area (Å²) < 4.78 is 16.8. The first-order valence-electron chi connectivity index (χ1n) is 26.9. The van der Waals surface area contributed by atoms with E-state index >= 15 is 0 Å². The van der Waals surface area contributed by atoms with Gasteiger partial charge < -0.3 is 14.2 Å². The Morgan fingerprint density at radius 1 is 0.317 bits per heavy atom. The summed E-state index contributed by atoms with van der Waals surface area (Å²) in [5, 5.41) is 0. The first kappa shape index (κ1) is 58.4. The molecule has 0 aromatic carbocycles. The molecule has 0 saturated carbocycles. The highest BCUT2D eigenvalue weighted by Gasteiger charge is 2.19. The summed E-state index contributed by atoms with van der Waals surface area (Å²) in [6, 6.07) is 0. The van der Waals surface area contributed by atoms with Crippen molar-refractivity contribution in [3.63, 3.8) is 0 Å². The van der Waals surface area contributed by atoms with E-state index in [2.05, 4.69) is 27.7 Å². The molecule has 60 heavy (non-hydrogen) atoms. The Kier molecular flexibility index (Phi) is 47.2. The average Bonchev–Trinajstić information content (AvgIpc) is 3.23. The minimum atomic E-state index is -0.761. The van der Waals surface area contributed by atoms with Crippen molar-refractivity contribution in [2.24, 2.45) is 5.92 Å². The molecule has 6 nitrogen and oxygen atoms in total. The molecule has 0 N–H and O–H groups in total. The zero-order valence-electron chi connectivity index (χ0n) is 40.9. The van der Waals surface area contributed by atoms with Crippen molar-refractivity contribution in [3.05, 3.63) is 0 Å². The van der Waals surface area contributed by atoms with E-state index in [4.69, 9.17) is 14.2 Å². The topological polar surface area (TPSA) is 78.9 Å². The summed E-state index contributed by atoms with van der Waals surface area (Å²) in [4.78, 5) is 38.0. The van der Waals surface area contributed by atoms with Gasteiger partial charge in [0.25, 0.3) is 0 Å². The SMILES string of the molecule is CCCCCCCCCCCCCCCCCC(=O)O[C@@H](COC(=O)CCCCCCCCCCCCCCC)COC(=O)CCCCCCCCCCCCCC(C)C. The van der Waals surface area contributed by atoms with Crippen LogP contribution < -0.4 is 0 Å². The summed E-state index contributed by atoms with van der Waals surface area (Å²) in [7, 11) is 0. The van der Waals surface area contributed by atoms with Crippen LogP contribution in [0.1, 0.15) is 304 Å². The number of ether oxygens (including phenoxy) is 3. The maximum Gasteiger partial charge on any atom is 0.306 e. The Morgan fingerprint density at radius 3 is 0.817 bits per heavy atom. The molecule has 0 bridgehead atoms. The lowest BCUT2D eigenvalue weighted by atomic mass is 10.0. The molecule has 0 aromatic rings. The van der Waals surface area contributed by atoms with Gasteiger partial charge in [-0.2, -0.15) is 0 Å². The van der Waals surface area contributed by atoms with Gasteiger partial charge >= 0.3 is 17.9 Å². The van der Waals surface area contributed by atoms with E-state index in [1.807, 2.05) is 0 Å². The molecule has 0 fully saturated rings. The van der Waals surface area contributed by atoms with Crippen LogP contribution in [-0.4, -0.2) is 37.2 Å². The molecule has 0 rings (SSSR count). The number of unbranched alkanes of at least 4 members (excludes halogenated alkanes) is 36. The first-order valence-corrected chi connectivity index (χ1v) is 26.9. The number of hydrogen-bond donors (Lipinski definition) is 0. The predicted octanol–water partition coefficient (Wildman–Crippen LogP) is 17.5. The van der Waals surface area contributed by atoms with Gasteiger partial charge in [0.2, 0.25) is 0 Å². The fraction of sp³-hybridized carbons (Fsp3) is 0.944. The molecular formula is C54H104O6. The molecule has 0 aliphatic rings. The van der Waals surface area contributed by atoms with Gasteiger partial charge in [-0.05, 0) is 25.2 Å². The maximum atomic E-state index is 12.8. The molecule has 0 heterocycles. The second-order valence-corrected chi connectivity index (χ2v) is 19.0. The molecule has 0 aliphatic heterocycles. The van der Waals surface area contributed by atoms with Gasteiger partial charge in [-0.15, -0.1) is 0 Å². The summed E-state index contributed by atoms with van der Waals surface area (Å²) in [5.41, 5.74) is 0. The smallest absolute Gasteiger partial charge is 0.306 e. The van der Waals surface area contributed by atoms with Crippen molar-refractivity contribution < 1.29 is 28.6 Å². The van der Waals surface area contributed by atoms with Crippen molar-refractivity contribution in [1.82, 2.24) is 0 Å². The van der Waals surface area contributed by atoms with Gasteiger partial charge in [0.15, 0.2) is 6.10 Å². The van der Waals surface area contributed by atoms with E-state index in [1.54, 1.807) is 0 Å². The van der Waals surface area contributed by atoms with Gasteiger partial charge in [-0.25, -0.2) is 0 Å².